The van der Waals surface area contributed by atoms with Gasteiger partial charge in [0.2, 0.25) is 0 Å². The van der Waals surface area contributed by atoms with Crippen molar-refractivity contribution in [2.24, 2.45) is 0 Å². The molecular formula is C14H17BrN2O2S2. The average molecular weight is 389 g/mol. The van der Waals surface area contributed by atoms with Gasteiger partial charge in [0.1, 0.15) is 4.21 Å². The number of benzene rings is 1. The number of halogens is 1. The van der Waals surface area contributed by atoms with Crippen LogP contribution in [0.25, 0.3) is 0 Å². The highest BCUT2D eigenvalue weighted by molar-refractivity contribution is 9.11. The molecule has 0 spiro atoms. The van der Waals surface area contributed by atoms with Gasteiger partial charge in [0.15, 0.2) is 0 Å². The fraction of sp³-hybridized carbons (Fsp3) is 0.286. The summed E-state index contributed by atoms with van der Waals surface area (Å²) in [5, 5.41) is 0. The minimum atomic E-state index is -3.48. The summed E-state index contributed by atoms with van der Waals surface area (Å²) < 4.78 is 28.1. The molecule has 0 atom stereocenters. The van der Waals surface area contributed by atoms with Crippen LogP contribution in [0.1, 0.15) is 18.1 Å². The number of rotatable bonds is 5. The van der Waals surface area contributed by atoms with Gasteiger partial charge in [0.25, 0.3) is 10.0 Å². The number of thiophene rings is 1. The fourth-order valence-corrected chi connectivity index (χ4v) is 5.77. The first-order valence-corrected chi connectivity index (χ1v) is 9.50. The van der Waals surface area contributed by atoms with Crippen LogP contribution >= 0.6 is 27.3 Å². The normalized spacial score (nSPS) is 12.0. The molecule has 21 heavy (non-hydrogen) atoms. The summed E-state index contributed by atoms with van der Waals surface area (Å²) >= 11 is 4.62. The molecule has 0 unspecified atom stereocenters. The number of hydrogen-bond donors (Lipinski definition) is 1. The Morgan fingerprint density at radius 3 is 2.57 bits per heavy atom. The Labute approximate surface area is 137 Å². The van der Waals surface area contributed by atoms with Crippen molar-refractivity contribution in [3.63, 3.8) is 0 Å². The predicted molar refractivity (Wildman–Crippen MR) is 90.9 cm³/mol. The highest BCUT2D eigenvalue weighted by Crippen LogP contribution is 2.32. The summed E-state index contributed by atoms with van der Waals surface area (Å²) in [5.74, 6) is 0. The molecule has 0 saturated heterocycles. The number of sulfonamides is 1. The molecule has 0 saturated carbocycles. The van der Waals surface area contributed by atoms with E-state index in [4.69, 9.17) is 5.73 Å². The number of nitrogens with zero attached hydrogens (tertiary/aromatic N) is 1. The van der Waals surface area contributed by atoms with E-state index in [9.17, 15) is 8.42 Å². The molecule has 0 aliphatic rings. The Kier molecular flexibility index (Phi) is 5.08. The van der Waals surface area contributed by atoms with Crippen molar-refractivity contribution in [3.8, 4) is 0 Å². The van der Waals surface area contributed by atoms with E-state index in [-0.39, 0.29) is 0 Å². The van der Waals surface area contributed by atoms with Gasteiger partial charge < -0.3 is 5.73 Å². The van der Waals surface area contributed by atoms with Crippen LogP contribution in [0, 0.1) is 6.92 Å². The lowest BCUT2D eigenvalue weighted by molar-refractivity contribution is 0.425. The van der Waals surface area contributed by atoms with Crippen LogP contribution in [0.5, 0.6) is 0 Å². The second kappa shape index (κ2) is 6.48. The van der Waals surface area contributed by atoms with E-state index >= 15 is 0 Å². The van der Waals surface area contributed by atoms with Crippen LogP contribution in [-0.2, 0) is 16.6 Å². The quantitative estimate of drug-likeness (QED) is 0.795. The van der Waals surface area contributed by atoms with Crippen LogP contribution in [-0.4, -0.2) is 19.3 Å². The van der Waals surface area contributed by atoms with Crippen LogP contribution in [0.2, 0.25) is 0 Å². The Morgan fingerprint density at radius 1 is 1.33 bits per heavy atom. The smallest absolute Gasteiger partial charge is 0.252 e. The molecular weight excluding hydrogens is 372 g/mol. The SMILES string of the molecule is CCN(Cc1cccc(N)c1)S(=O)(=O)c1cc(C)c(Br)s1. The first-order chi connectivity index (χ1) is 9.84. The first-order valence-electron chi connectivity index (χ1n) is 6.45. The molecule has 0 aliphatic carbocycles. The van der Waals surface area contributed by atoms with Gasteiger partial charge >= 0.3 is 0 Å². The molecule has 7 heteroatoms. The maximum atomic E-state index is 12.7. The zero-order valence-electron chi connectivity index (χ0n) is 11.8. The van der Waals surface area contributed by atoms with Crippen molar-refractivity contribution >= 4 is 43.0 Å². The highest BCUT2D eigenvalue weighted by atomic mass is 79.9. The Balaban J connectivity index is 2.31. The number of aryl methyl sites for hydroxylation is 1. The maximum absolute atomic E-state index is 12.7. The Morgan fingerprint density at radius 2 is 2.05 bits per heavy atom. The Bertz CT molecular complexity index is 722. The standard InChI is InChI=1S/C14H17BrN2O2S2/c1-3-17(9-11-5-4-6-12(16)8-11)21(18,19)13-7-10(2)14(15)20-13/h4-8H,3,9,16H2,1-2H3. The van der Waals surface area contributed by atoms with E-state index in [0.29, 0.717) is 23.0 Å². The topological polar surface area (TPSA) is 63.4 Å². The van der Waals surface area contributed by atoms with Crippen LogP contribution in [0.4, 0.5) is 5.69 Å². The summed E-state index contributed by atoms with van der Waals surface area (Å²) in [6.07, 6.45) is 0. The minimum absolute atomic E-state index is 0.318. The molecule has 2 N–H and O–H groups in total. The third-order valence-electron chi connectivity index (χ3n) is 3.09. The molecule has 114 valence electrons. The van der Waals surface area contributed by atoms with E-state index in [1.165, 1.54) is 15.6 Å². The van der Waals surface area contributed by atoms with Gasteiger partial charge in [0, 0.05) is 18.8 Å². The molecule has 0 radical (unpaired) electrons. The van der Waals surface area contributed by atoms with Crippen molar-refractivity contribution in [2.45, 2.75) is 24.6 Å². The van der Waals surface area contributed by atoms with E-state index in [1.54, 1.807) is 18.2 Å². The molecule has 0 bridgehead atoms. The lowest BCUT2D eigenvalue weighted by atomic mass is 10.2. The van der Waals surface area contributed by atoms with Gasteiger partial charge in [-0.05, 0) is 52.2 Å². The zero-order valence-corrected chi connectivity index (χ0v) is 15.1. The summed E-state index contributed by atoms with van der Waals surface area (Å²) in [6.45, 7) is 4.44. The average Bonchev–Trinajstić information content (AvgIpc) is 2.76. The third-order valence-corrected chi connectivity index (χ3v) is 7.60. The van der Waals surface area contributed by atoms with Crippen LogP contribution in [0.15, 0.2) is 38.3 Å². The minimum Gasteiger partial charge on any atom is -0.399 e. The number of nitrogen functional groups attached to an aromatic ring is 1. The molecule has 1 aromatic heterocycles. The summed E-state index contributed by atoms with van der Waals surface area (Å²) in [4.78, 5) is 0. The predicted octanol–water partition coefficient (Wildman–Crippen LogP) is 3.61. The summed E-state index contributed by atoms with van der Waals surface area (Å²) in [5.41, 5.74) is 8.19. The molecule has 1 heterocycles. The highest BCUT2D eigenvalue weighted by Gasteiger charge is 2.25. The Hall–Kier alpha value is -0.890. The van der Waals surface area contributed by atoms with E-state index < -0.39 is 10.0 Å². The van der Waals surface area contributed by atoms with Gasteiger partial charge in [-0.25, -0.2) is 8.42 Å². The summed E-state index contributed by atoms with van der Waals surface area (Å²) in [7, 11) is -3.48. The number of anilines is 1. The van der Waals surface area contributed by atoms with Crippen molar-refractivity contribution in [3.05, 3.63) is 45.2 Å². The van der Waals surface area contributed by atoms with Crippen molar-refractivity contribution in [2.75, 3.05) is 12.3 Å². The maximum Gasteiger partial charge on any atom is 0.252 e. The fourth-order valence-electron chi connectivity index (χ4n) is 1.95. The van der Waals surface area contributed by atoms with E-state index in [0.717, 1.165) is 14.9 Å². The molecule has 2 rings (SSSR count). The molecule has 4 nitrogen and oxygen atoms in total. The van der Waals surface area contributed by atoms with Crippen LogP contribution in [0.3, 0.4) is 0 Å². The van der Waals surface area contributed by atoms with Gasteiger partial charge in [-0.2, -0.15) is 4.31 Å². The van der Waals surface area contributed by atoms with E-state index in [2.05, 4.69) is 15.9 Å². The molecule has 2 aromatic rings. The molecule has 0 fully saturated rings. The monoisotopic (exact) mass is 388 g/mol. The van der Waals surface area contributed by atoms with Crippen molar-refractivity contribution < 1.29 is 8.42 Å². The third kappa shape index (κ3) is 3.66. The first kappa shape index (κ1) is 16.5. The second-order valence-electron chi connectivity index (χ2n) is 4.70. The number of nitrogens with two attached hydrogens (primary N) is 1. The van der Waals surface area contributed by atoms with Crippen LogP contribution < -0.4 is 5.73 Å². The molecule has 0 aliphatic heterocycles. The second-order valence-corrected chi connectivity index (χ2v) is 9.23. The van der Waals surface area contributed by atoms with Crippen molar-refractivity contribution in [1.29, 1.82) is 0 Å². The lowest BCUT2D eigenvalue weighted by Crippen LogP contribution is -2.29. The molecule has 0 amide bonds. The van der Waals surface area contributed by atoms with Gasteiger partial charge in [0.05, 0.1) is 3.79 Å². The van der Waals surface area contributed by atoms with E-state index in [1.807, 2.05) is 26.0 Å². The zero-order chi connectivity index (χ0) is 15.6. The van der Waals surface area contributed by atoms with Gasteiger partial charge in [-0.3, -0.25) is 0 Å². The van der Waals surface area contributed by atoms with Gasteiger partial charge in [-0.15, -0.1) is 11.3 Å². The lowest BCUT2D eigenvalue weighted by Gasteiger charge is -2.19. The largest absolute Gasteiger partial charge is 0.399 e. The number of hydrogen-bond acceptors (Lipinski definition) is 4. The molecule has 1 aromatic carbocycles. The van der Waals surface area contributed by atoms with Crippen molar-refractivity contribution in [1.82, 2.24) is 4.31 Å². The summed E-state index contributed by atoms with van der Waals surface area (Å²) in [6, 6.07) is 9.00. The van der Waals surface area contributed by atoms with Gasteiger partial charge in [-0.1, -0.05) is 19.1 Å².